The molecule has 27 heavy (non-hydrogen) atoms. The van der Waals surface area contributed by atoms with Gasteiger partial charge in [-0.15, -0.1) is 24.0 Å². The van der Waals surface area contributed by atoms with Crippen LogP contribution in [-0.2, 0) is 4.79 Å². The highest BCUT2D eigenvalue weighted by molar-refractivity contribution is 14.0. The summed E-state index contributed by atoms with van der Waals surface area (Å²) in [4.78, 5) is 22.8. The van der Waals surface area contributed by atoms with E-state index in [2.05, 4.69) is 30.8 Å². The minimum atomic E-state index is 0. The Morgan fingerprint density at radius 2 is 2.26 bits per heavy atom. The number of nitrogens with one attached hydrogen (secondary N) is 3. The number of aliphatic imine (C=N–C) groups is 1. The molecule has 9 heteroatoms. The van der Waals surface area contributed by atoms with Crippen LogP contribution < -0.4 is 20.9 Å². The van der Waals surface area contributed by atoms with Crippen molar-refractivity contribution in [3.63, 3.8) is 0 Å². The van der Waals surface area contributed by atoms with E-state index in [1.165, 1.54) is 0 Å². The van der Waals surface area contributed by atoms with Crippen LogP contribution in [0.1, 0.15) is 33.6 Å². The molecule has 1 aliphatic rings. The fraction of sp³-hybridized carbons (Fsp3) is 0.611. The standard InChI is InChI=1S/C18H29ClN6O.HI/c1-4-20-18(22-10-7-16(26)23-13(2)3)24-14-8-11-25(12-14)17-15(19)6-5-9-21-17;/h5-6,9,13-14H,4,7-8,10-12H2,1-3H3,(H,23,26)(H2,20,22,24);1H. The second-order valence-electron chi connectivity index (χ2n) is 6.62. The van der Waals surface area contributed by atoms with Gasteiger partial charge in [-0.05, 0) is 39.3 Å². The highest BCUT2D eigenvalue weighted by Gasteiger charge is 2.25. The van der Waals surface area contributed by atoms with Crippen LogP contribution in [0.4, 0.5) is 5.82 Å². The number of anilines is 1. The third kappa shape index (κ3) is 8.08. The lowest BCUT2D eigenvalue weighted by Gasteiger charge is -2.20. The number of hydrogen-bond donors (Lipinski definition) is 3. The number of pyridine rings is 1. The zero-order chi connectivity index (χ0) is 18.9. The molecular formula is C18H30ClIN6O. The molecule has 1 aromatic rings. The van der Waals surface area contributed by atoms with E-state index in [9.17, 15) is 4.79 Å². The van der Waals surface area contributed by atoms with Crippen molar-refractivity contribution < 1.29 is 4.79 Å². The predicted octanol–water partition coefficient (Wildman–Crippen LogP) is 2.40. The Morgan fingerprint density at radius 3 is 2.93 bits per heavy atom. The molecular weight excluding hydrogens is 479 g/mol. The summed E-state index contributed by atoms with van der Waals surface area (Å²) < 4.78 is 0. The summed E-state index contributed by atoms with van der Waals surface area (Å²) in [5, 5.41) is 10.2. The number of guanidine groups is 1. The number of halogens is 2. The van der Waals surface area contributed by atoms with Gasteiger partial charge in [-0.25, -0.2) is 4.98 Å². The Balaban J connectivity index is 0.00000364. The molecule has 2 heterocycles. The van der Waals surface area contributed by atoms with Gasteiger partial charge in [-0.1, -0.05) is 11.6 Å². The van der Waals surface area contributed by atoms with Crippen molar-refractivity contribution in [2.24, 2.45) is 4.99 Å². The normalized spacial score (nSPS) is 16.9. The van der Waals surface area contributed by atoms with Crippen LogP contribution in [0.15, 0.2) is 23.3 Å². The summed E-state index contributed by atoms with van der Waals surface area (Å²) >= 11 is 6.24. The van der Waals surface area contributed by atoms with Crippen molar-refractivity contribution in [3.8, 4) is 0 Å². The third-order valence-electron chi connectivity index (χ3n) is 3.97. The summed E-state index contributed by atoms with van der Waals surface area (Å²) in [6, 6.07) is 4.11. The molecule has 1 aliphatic heterocycles. The Labute approximate surface area is 183 Å². The van der Waals surface area contributed by atoms with E-state index in [-0.39, 0.29) is 42.0 Å². The largest absolute Gasteiger partial charge is 0.357 e. The van der Waals surface area contributed by atoms with Gasteiger partial charge in [0, 0.05) is 44.3 Å². The fourth-order valence-electron chi connectivity index (χ4n) is 2.86. The highest BCUT2D eigenvalue weighted by Crippen LogP contribution is 2.25. The quantitative estimate of drug-likeness (QED) is 0.299. The van der Waals surface area contributed by atoms with Crippen LogP contribution >= 0.6 is 35.6 Å². The van der Waals surface area contributed by atoms with Crippen molar-refractivity contribution in [3.05, 3.63) is 23.4 Å². The second kappa shape index (κ2) is 12.2. The molecule has 1 saturated heterocycles. The van der Waals surface area contributed by atoms with E-state index in [0.29, 0.717) is 18.0 Å². The topological polar surface area (TPSA) is 81.6 Å². The molecule has 2 rings (SSSR count). The smallest absolute Gasteiger partial charge is 0.222 e. The average molecular weight is 509 g/mol. The summed E-state index contributed by atoms with van der Waals surface area (Å²) in [6.07, 6.45) is 3.12. The van der Waals surface area contributed by atoms with Crippen LogP contribution in [0, 0.1) is 0 Å². The Kier molecular flexibility index (Phi) is 10.8. The Morgan fingerprint density at radius 1 is 1.48 bits per heavy atom. The molecule has 0 bridgehead atoms. The molecule has 152 valence electrons. The van der Waals surface area contributed by atoms with E-state index in [1.54, 1.807) is 6.20 Å². The lowest BCUT2D eigenvalue weighted by Crippen LogP contribution is -2.44. The summed E-state index contributed by atoms with van der Waals surface area (Å²) in [5.41, 5.74) is 0. The molecule has 1 atom stereocenters. The minimum absolute atomic E-state index is 0. The number of amides is 1. The molecule has 1 unspecified atom stereocenters. The van der Waals surface area contributed by atoms with Gasteiger partial charge < -0.3 is 20.9 Å². The third-order valence-corrected chi connectivity index (χ3v) is 4.27. The van der Waals surface area contributed by atoms with Crippen LogP contribution in [-0.4, -0.2) is 55.1 Å². The molecule has 0 spiro atoms. The maximum absolute atomic E-state index is 11.7. The summed E-state index contributed by atoms with van der Waals surface area (Å²) in [6.45, 7) is 8.86. The van der Waals surface area contributed by atoms with Gasteiger partial charge >= 0.3 is 0 Å². The van der Waals surface area contributed by atoms with E-state index in [0.717, 1.165) is 37.8 Å². The molecule has 1 aromatic heterocycles. The van der Waals surface area contributed by atoms with Gasteiger partial charge in [-0.3, -0.25) is 9.79 Å². The molecule has 0 aromatic carbocycles. The lowest BCUT2D eigenvalue weighted by molar-refractivity contribution is -0.121. The maximum Gasteiger partial charge on any atom is 0.222 e. The molecule has 0 saturated carbocycles. The second-order valence-corrected chi connectivity index (χ2v) is 7.02. The van der Waals surface area contributed by atoms with E-state index in [4.69, 9.17) is 11.6 Å². The SMILES string of the molecule is CCNC(=NCCC(=O)NC(C)C)NC1CCN(c2ncccc2Cl)C1.I. The van der Waals surface area contributed by atoms with Crippen molar-refractivity contribution in [2.45, 2.75) is 45.7 Å². The van der Waals surface area contributed by atoms with E-state index in [1.807, 2.05) is 32.9 Å². The van der Waals surface area contributed by atoms with Crippen molar-refractivity contribution in [2.75, 3.05) is 31.1 Å². The van der Waals surface area contributed by atoms with E-state index >= 15 is 0 Å². The van der Waals surface area contributed by atoms with Gasteiger partial charge in [0.2, 0.25) is 5.91 Å². The zero-order valence-electron chi connectivity index (χ0n) is 16.2. The molecule has 3 N–H and O–H groups in total. The zero-order valence-corrected chi connectivity index (χ0v) is 19.3. The van der Waals surface area contributed by atoms with Gasteiger partial charge in [0.15, 0.2) is 5.96 Å². The fourth-order valence-corrected chi connectivity index (χ4v) is 3.10. The first-order chi connectivity index (χ1) is 12.5. The van der Waals surface area contributed by atoms with Crippen molar-refractivity contribution >= 4 is 53.3 Å². The number of rotatable bonds is 7. The first-order valence-corrected chi connectivity index (χ1v) is 9.57. The van der Waals surface area contributed by atoms with Gasteiger partial charge in [0.1, 0.15) is 5.82 Å². The van der Waals surface area contributed by atoms with Crippen molar-refractivity contribution in [1.82, 2.24) is 20.9 Å². The number of hydrogen-bond acceptors (Lipinski definition) is 4. The first kappa shape index (κ1) is 23.7. The molecule has 0 aliphatic carbocycles. The van der Waals surface area contributed by atoms with Crippen LogP contribution in [0.2, 0.25) is 5.02 Å². The van der Waals surface area contributed by atoms with E-state index < -0.39 is 0 Å². The molecule has 7 nitrogen and oxygen atoms in total. The maximum atomic E-state index is 11.7. The number of carbonyl (C=O) groups is 1. The Bertz CT molecular complexity index is 628. The van der Waals surface area contributed by atoms with Crippen molar-refractivity contribution in [1.29, 1.82) is 0 Å². The lowest BCUT2D eigenvalue weighted by atomic mass is 10.3. The number of carbonyl (C=O) groups excluding carboxylic acids is 1. The predicted molar refractivity (Wildman–Crippen MR) is 122 cm³/mol. The minimum Gasteiger partial charge on any atom is -0.357 e. The molecule has 0 radical (unpaired) electrons. The monoisotopic (exact) mass is 508 g/mol. The number of aromatic nitrogens is 1. The Hall–Kier alpha value is -1.29. The van der Waals surface area contributed by atoms with Gasteiger partial charge in [-0.2, -0.15) is 0 Å². The van der Waals surface area contributed by atoms with Gasteiger partial charge in [0.25, 0.3) is 0 Å². The molecule has 1 amide bonds. The summed E-state index contributed by atoms with van der Waals surface area (Å²) in [5.74, 6) is 1.59. The highest BCUT2D eigenvalue weighted by atomic mass is 127. The molecule has 1 fully saturated rings. The number of nitrogens with zero attached hydrogens (tertiary/aromatic N) is 3. The van der Waals surface area contributed by atoms with Crippen LogP contribution in [0.25, 0.3) is 0 Å². The van der Waals surface area contributed by atoms with Gasteiger partial charge in [0.05, 0.1) is 11.6 Å². The first-order valence-electron chi connectivity index (χ1n) is 9.19. The van der Waals surface area contributed by atoms with Crippen LogP contribution in [0.5, 0.6) is 0 Å². The average Bonchev–Trinajstić information content (AvgIpc) is 3.03. The van der Waals surface area contributed by atoms with Crippen LogP contribution in [0.3, 0.4) is 0 Å². The summed E-state index contributed by atoms with van der Waals surface area (Å²) in [7, 11) is 0.